The molecule has 3 aliphatic carbocycles. The van der Waals surface area contributed by atoms with Gasteiger partial charge in [0.1, 0.15) is 0 Å². The van der Waals surface area contributed by atoms with Crippen LogP contribution < -0.4 is 0 Å². The van der Waals surface area contributed by atoms with Gasteiger partial charge in [0.2, 0.25) is 0 Å². The molecule has 0 spiro atoms. The van der Waals surface area contributed by atoms with Crippen LogP contribution in [0.5, 0.6) is 0 Å². The van der Waals surface area contributed by atoms with Crippen LogP contribution in [0.2, 0.25) is 0 Å². The van der Waals surface area contributed by atoms with Crippen LogP contribution in [0.4, 0.5) is 0 Å². The highest BCUT2D eigenvalue weighted by Gasteiger charge is 2.43. The molecule has 0 nitrogen and oxygen atoms in total. The first-order chi connectivity index (χ1) is 4.62. The van der Waals surface area contributed by atoms with Gasteiger partial charge in [-0.1, -0.05) is 6.92 Å². The van der Waals surface area contributed by atoms with Gasteiger partial charge in [0.05, 0.1) is 0 Å². The van der Waals surface area contributed by atoms with Crippen molar-refractivity contribution in [2.45, 2.75) is 45.4 Å². The second kappa shape index (κ2) is 1.78. The fourth-order valence-corrected chi connectivity index (χ4v) is 2.45. The maximum atomic E-state index is 4.32. The lowest BCUT2D eigenvalue weighted by Gasteiger charge is -2.50. The Labute approximate surface area is 64.0 Å². The van der Waals surface area contributed by atoms with Crippen molar-refractivity contribution >= 4 is 0 Å². The normalized spacial score (nSPS) is 53.4. The van der Waals surface area contributed by atoms with Gasteiger partial charge in [-0.25, -0.2) is 0 Å². The number of rotatable bonds is 0. The summed E-state index contributed by atoms with van der Waals surface area (Å²) < 4.78 is 0. The van der Waals surface area contributed by atoms with Gasteiger partial charge >= 0.3 is 0 Å². The third-order valence-electron chi connectivity index (χ3n) is 3.78. The Balaban J connectivity index is 2.16. The lowest BCUT2D eigenvalue weighted by atomic mass is 9.55. The smallest absolute Gasteiger partial charge is 0.0297 e. The van der Waals surface area contributed by atoms with Crippen molar-refractivity contribution in [1.82, 2.24) is 0 Å². The minimum Gasteiger partial charge on any atom is -0.0596 e. The quantitative estimate of drug-likeness (QED) is 0.481. The highest BCUT2D eigenvalue weighted by molar-refractivity contribution is 4.98. The average molecular weight is 137 g/mol. The van der Waals surface area contributed by atoms with Crippen LogP contribution in [0.15, 0.2) is 0 Å². The predicted molar refractivity (Wildman–Crippen MR) is 43.6 cm³/mol. The standard InChI is InChI=1S/C10H17/c1-9-3-6-10(2,7-4-9)8-5-9/h1,3-8H2,2H3. The number of hydrogen-bond donors (Lipinski definition) is 0. The Morgan fingerprint density at radius 3 is 1.60 bits per heavy atom. The molecule has 0 aromatic rings. The van der Waals surface area contributed by atoms with E-state index in [1.54, 1.807) is 0 Å². The topological polar surface area (TPSA) is 0 Å². The van der Waals surface area contributed by atoms with Gasteiger partial charge in [0.15, 0.2) is 0 Å². The molecule has 2 bridgehead atoms. The zero-order chi connectivity index (χ0) is 7.24. The summed E-state index contributed by atoms with van der Waals surface area (Å²) >= 11 is 0. The Hall–Kier alpha value is 0. The van der Waals surface area contributed by atoms with Gasteiger partial charge in [-0.2, -0.15) is 0 Å². The van der Waals surface area contributed by atoms with E-state index in [1.807, 2.05) is 0 Å². The van der Waals surface area contributed by atoms with Gasteiger partial charge in [-0.15, -0.1) is 0 Å². The monoisotopic (exact) mass is 137 g/mol. The van der Waals surface area contributed by atoms with E-state index in [2.05, 4.69) is 13.8 Å². The van der Waals surface area contributed by atoms with Gasteiger partial charge < -0.3 is 0 Å². The average Bonchev–Trinajstić information content (AvgIpc) is 1.93. The molecule has 0 atom stereocenters. The van der Waals surface area contributed by atoms with Crippen LogP contribution in [-0.2, 0) is 0 Å². The van der Waals surface area contributed by atoms with Crippen LogP contribution in [0.25, 0.3) is 0 Å². The minimum absolute atomic E-state index is 0.512. The minimum atomic E-state index is 0.512. The first kappa shape index (κ1) is 6.69. The van der Waals surface area contributed by atoms with Crippen molar-refractivity contribution in [2.75, 3.05) is 0 Å². The fraction of sp³-hybridized carbons (Fsp3) is 0.900. The van der Waals surface area contributed by atoms with Crippen molar-refractivity contribution in [1.29, 1.82) is 0 Å². The zero-order valence-electron chi connectivity index (χ0n) is 6.95. The number of fused-ring (bicyclic) bond motifs is 3. The number of hydrogen-bond acceptors (Lipinski definition) is 0. The summed E-state index contributed by atoms with van der Waals surface area (Å²) in [5.41, 5.74) is 1.23. The molecule has 0 saturated heterocycles. The Bertz CT molecular complexity index is 104. The van der Waals surface area contributed by atoms with Crippen LogP contribution in [0.3, 0.4) is 0 Å². The summed E-state index contributed by atoms with van der Waals surface area (Å²) in [5.74, 6) is 0. The molecule has 0 N–H and O–H groups in total. The first-order valence-corrected chi connectivity index (χ1v) is 4.47. The lowest BCUT2D eigenvalue weighted by molar-refractivity contribution is 0.0341. The lowest BCUT2D eigenvalue weighted by Crippen LogP contribution is -2.37. The van der Waals surface area contributed by atoms with E-state index in [1.165, 1.54) is 38.5 Å². The second-order valence-corrected chi connectivity index (χ2v) is 4.81. The summed E-state index contributed by atoms with van der Waals surface area (Å²) in [6.45, 7) is 6.77. The van der Waals surface area contributed by atoms with Crippen LogP contribution in [0, 0.1) is 17.8 Å². The maximum absolute atomic E-state index is 4.32. The summed E-state index contributed by atoms with van der Waals surface area (Å²) in [4.78, 5) is 0. The molecule has 0 unspecified atom stereocenters. The second-order valence-electron chi connectivity index (χ2n) is 4.81. The molecule has 0 heterocycles. The molecular weight excluding hydrogens is 120 g/mol. The fourth-order valence-electron chi connectivity index (χ4n) is 2.45. The van der Waals surface area contributed by atoms with Gasteiger partial charge in [0.25, 0.3) is 0 Å². The first-order valence-electron chi connectivity index (χ1n) is 4.47. The largest absolute Gasteiger partial charge is 0.0596 e. The molecule has 10 heavy (non-hydrogen) atoms. The summed E-state index contributed by atoms with van der Waals surface area (Å²) in [6.07, 6.45) is 8.50. The van der Waals surface area contributed by atoms with E-state index in [0.717, 1.165) is 5.41 Å². The van der Waals surface area contributed by atoms with Crippen LogP contribution >= 0.6 is 0 Å². The Morgan fingerprint density at radius 1 is 0.900 bits per heavy atom. The molecule has 0 heteroatoms. The molecule has 57 valence electrons. The molecule has 0 amide bonds. The van der Waals surface area contributed by atoms with Crippen LogP contribution in [0.1, 0.15) is 45.4 Å². The van der Waals surface area contributed by atoms with Crippen molar-refractivity contribution < 1.29 is 0 Å². The zero-order valence-corrected chi connectivity index (χ0v) is 6.95. The van der Waals surface area contributed by atoms with Crippen molar-refractivity contribution in [3.63, 3.8) is 0 Å². The molecule has 0 aliphatic heterocycles. The van der Waals surface area contributed by atoms with E-state index < -0.39 is 0 Å². The Morgan fingerprint density at radius 2 is 1.30 bits per heavy atom. The summed E-state index contributed by atoms with van der Waals surface area (Å²) in [7, 11) is 0. The highest BCUT2D eigenvalue weighted by Crippen LogP contribution is 2.55. The third-order valence-corrected chi connectivity index (χ3v) is 3.78. The van der Waals surface area contributed by atoms with Crippen molar-refractivity contribution in [3.8, 4) is 0 Å². The van der Waals surface area contributed by atoms with Crippen molar-refractivity contribution in [2.24, 2.45) is 10.8 Å². The molecular formula is C10H17. The van der Waals surface area contributed by atoms with E-state index in [9.17, 15) is 0 Å². The highest BCUT2D eigenvalue weighted by atomic mass is 14.5. The van der Waals surface area contributed by atoms with E-state index in [4.69, 9.17) is 0 Å². The maximum Gasteiger partial charge on any atom is -0.0297 e. The summed E-state index contributed by atoms with van der Waals surface area (Å²) in [6, 6.07) is 0. The predicted octanol–water partition coefficient (Wildman–Crippen LogP) is 3.18. The SMILES string of the molecule is [CH2]C12CCC(C)(CC1)CC2. The summed E-state index contributed by atoms with van der Waals surface area (Å²) in [5, 5.41) is 0. The Kier molecular flexibility index (Phi) is 1.19. The molecule has 0 aromatic heterocycles. The molecule has 0 aromatic carbocycles. The molecule has 3 aliphatic rings. The molecule has 3 rings (SSSR count). The van der Waals surface area contributed by atoms with Gasteiger partial charge in [-0.05, 0) is 56.3 Å². The molecule has 3 fully saturated rings. The van der Waals surface area contributed by atoms with E-state index >= 15 is 0 Å². The van der Waals surface area contributed by atoms with E-state index in [-0.39, 0.29) is 0 Å². The molecule has 3 saturated carbocycles. The molecule has 1 radical (unpaired) electrons. The third kappa shape index (κ3) is 0.889. The van der Waals surface area contributed by atoms with Gasteiger partial charge in [0, 0.05) is 0 Å². The van der Waals surface area contributed by atoms with Crippen LogP contribution in [-0.4, -0.2) is 0 Å². The van der Waals surface area contributed by atoms with E-state index in [0.29, 0.717) is 5.41 Å². The van der Waals surface area contributed by atoms with Crippen molar-refractivity contribution in [3.05, 3.63) is 6.92 Å². The van der Waals surface area contributed by atoms with Gasteiger partial charge in [-0.3, -0.25) is 0 Å².